The fourth-order valence-electron chi connectivity index (χ4n) is 5.17. The van der Waals surface area contributed by atoms with Crippen LogP contribution in [0, 0.1) is 0 Å². The molecular weight excluding hydrogens is 400 g/mol. The van der Waals surface area contributed by atoms with Crippen LogP contribution in [0.1, 0.15) is 55.7 Å². The number of hydrogen-bond acceptors (Lipinski definition) is 4. The summed E-state index contributed by atoms with van der Waals surface area (Å²) in [6.45, 7) is 5.75. The summed E-state index contributed by atoms with van der Waals surface area (Å²) in [5.41, 5.74) is 3.72. The van der Waals surface area contributed by atoms with Gasteiger partial charge in [0.15, 0.2) is 5.82 Å². The topological polar surface area (TPSA) is 78.3 Å². The number of para-hydroxylation sites is 2. The highest BCUT2D eigenvalue weighted by Gasteiger charge is 2.40. The van der Waals surface area contributed by atoms with Gasteiger partial charge in [0.2, 0.25) is 0 Å². The van der Waals surface area contributed by atoms with Crippen LogP contribution in [0.4, 0.5) is 0 Å². The van der Waals surface area contributed by atoms with Gasteiger partial charge in [-0.15, -0.1) is 0 Å². The zero-order chi connectivity index (χ0) is 22.1. The third-order valence-corrected chi connectivity index (χ3v) is 6.80. The van der Waals surface area contributed by atoms with E-state index in [0.29, 0.717) is 18.4 Å². The lowest BCUT2D eigenvalue weighted by Crippen LogP contribution is -2.55. The summed E-state index contributed by atoms with van der Waals surface area (Å²) in [7, 11) is 0. The average molecular weight is 431 g/mol. The molecule has 1 aliphatic carbocycles. The van der Waals surface area contributed by atoms with Crippen LogP contribution in [0.25, 0.3) is 16.7 Å². The lowest BCUT2D eigenvalue weighted by molar-refractivity contribution is 0.0359. The summed E-state index contributed by atoms with van der Waals surface area (Å²) in [6.07, 6.45) is 10.1. The number of nitrogens with one attached hydrogen (secondary N) is 2. The molecular formula is C25H30N6O. The predicted octanol–water partition coefficient (Wildman–Crippen LogP) is 4.16. The summed E-state index contributed by atoms with van der Waals surface area (Å²) in [5, 5.41) is 3.73. The molecule has 1 unspecified atom stereocenters. The van der Waals surface area contributed by atoms with E-state index >= 15 is 0 Å². The summed E-state index contributed by atoms with van der Waals surface area (Å²) in [4.78, 5) is 27.5. The molecule has 0 aliphatic heterocycles. The molecule has 1 fully saturated rings. The maximum absolute atomic E-state index is 13.4. The fourth-order valence-corrected chi connectivity index (χ4v) is 5.17. The Bertz CT molecular complexity index is 1210. The second kappa shape index (κ2) is 8.39. The molecule has 3 aromatic heterocycles. The first-order chi connectivity index (χ1) is 15.6. The van der Waals surface area contributed by atoms with Crippen molar-refractivity contribution in [2.75, 3.05) is 6.54 Å². The molecule has 7 nitrogen and oxygen atoms in total. The van der Waals surface area contributed by atoms with Gasteiger partial charge in [-0.25, -0.2) is 9.97 Å². The van der Waals surface area contributed by atoms with Crippen LogP contribution in [0.5, 0.6) is 0 Å². The number of pyridine rings is 1. The van der Waals surface area contributed by atoms with Crippen molar-refractivity contribution in [1.29, 1.82) is 0 Å². The van der Waals surface area contributed by atoms with Crippen molar-refractivity contribution in [1.82, 2.24) is 29.6 Å². The molecule has 32 heavy (non-hydrogen) atoms. The number of carbonyl (C=O) groups is 1. The number of amides is 1. The molecule has 1 aromatic carbocycles. The van der Waals surface area contributed by atoms with Gasteiger partial charge >= 0.3 is 0 Å². The lowest BCUT2D eigenvalue weighted by atomic mass is 9.78. The first kappa shape index (κ1) is 20.7. The fraction of sp³-hybridized carbons (Fsp3) is 0.400. The zero-order valence-corrected chi connectivity index (χ0v) is 18.7. The minimum absolute atomic E-state index is 0.0163. The van der Waals surface area contributed by atoms with Crippen molar-refractivity contribution in [3.05, 3.63) is 66.4 Å². The number of imidazole rings is 2. The Morgan fingerprint density at radius 3 is 3.03 bits per heavy atom. The van der Waals surface area contributed by atoms with Gasteiger partial charge in [0.05, 0.1) is 11.0 Å². The molecule has 0 radical (unpaired) electrons. The van der Waals surface area contributed by atoms with Crippen LogP contribution in [-0.4, -0.2) is 48.3 Å². The van der Waals surface area contributed by atoms with Crippen molar-refractivity contribution in [3.8, 4) is 0 Å². The van der Waals surface area contributed by atoms with Crippen molar-refractivity contribution in [2.45, 2.75) is 57.7 Å². The third kappa shape index (κ3) is 3.88. The van der Waals surface area contributed by atoms with Gasteiger partial charge in [-0.1, -0.05) is 18.2 Å². The summed E-state index contributed by atoms with van der Waals surface area (Å²) in [6, 6.07) is 12.3. The number of rotatable bonds is 6. The first-order valence-corrected chi connectivity index (χ1v) is 11.5. The maximum Gasteiger partial charge on any atom is 0.290 e. The van der Waals surface area contributed by atoms with Gasteiger partial charge in [-0.3, -0.25) is 4.79 Å². The van der Waals surface area contributed by atoms with E-state index in [4.69, 9.17) is 0 Å². The molecule has 5 rings (SSSR count). The lowest BCUT2D eigenvalue weighted by Gasteiger charge is -2.46. The first-order valence-electron chi connectivity index (χ1n) is 11.5. The van der Waals surface area contributed by atoms with E-state index in [1.165, 1.54) is 5.56 Å². The van der Waals surface area contributed by atoms with Crippen LogP contribution in [-0.2, 0) is 6.54 Å². The minimum atomic E-state index is -0.199. The largest absolute Gasteiger partial charge is 0.334 e. The summed E-state index contributed by atoms with van der Waals surface area (Å²) < 4.78 is 2.05. The van der Waals surface area contributed by atoms with E-state index in [-0.39, 0.29) is 11.4 Å². The Hall–Kier alpha value is -3.19. The number of carbonyl (C=O) groups excluding carboxylic acids is 1. The van der Waals surface area contributed by atoms with Crippen LogP contribution < -0.4 is 5.32 Å². The number of benzene rings is 1. The molecule has 2 atom stereocenters. The molecule has 2 N–H and O–H groups in total. The second-order valence-electron chi connectivity index (χ2n) is 9.05. The quantitative estimate of drug-likeness (QED) is 0.481. The average Bonchev–Trinajstić information content (AvgIpc) is 3.44. The summed E-state index contributed by atoms with van der Waals surface area (Å²) >= 11 is 0. The van der Waals surface area contributed by atoms with Crippen molar-refractivity contribution < 1.29 is 4.79 Å². The molecule has 1 saturated carbocycles. The summed E-state index contributed by atoms with van der Waals surface area (Å²) in [5.74, 6) is 0.412. The van der Waals surface area contributed by atoms with Gasteiger partial charge in [0, 0.05) is 43.3 Å². The molecule has 1 aliphatic rings. The van der Waals surface area contributed by atoms with Crippen LogP contribution >= 0.6 is 0 Å². The van der Waals surface area contributed by atoms with Gasteiger partial charge in [-0.2, -0.15) is 0 Å². The van der Waals surface area contributed by atoms with Gasteiger partial charge in [0.1, 0.15) is 5.65 Å². The smallest absolute Gasteiger partial charge is 0.290 e. The number of aromatic amines is 1. The van der Waals surface area contributed by atoms with Crippen LogP contribution in [0.3, 0.4) is 0 Å². The SMILES string of the molecule is CCN(C(=O)c1nc2ccccc2[nH]1)C1(C)CCC[C@@H](NCc2ccc3nccn3c2)C1. The van der Waals surface area contributed by atoms with E-state index in [2.05, 4.69) is 46.4 Å². The van der Waals surface area contributed by atoms with Crippen molar-refractivity contribution in [3.63, 3.8) is 0 Å². The molecule has 1 amide bonds. The molecule has 4 aromatic rings. The number of aromatic nitrogens is 4. The second-order valence-corrected chi connectivity index (χ2v) is 9.05. The van der Waals surface area contributed by atoms with Crippen LogP contribution in [0.2, 0.25) is 0 Å². The zero-order valence-electron chi connectivity index (χ0n) is 18.7. The monoisotopic (exact) mass is 430 g/mol. The normalized spacial score (nSPS) is 21.2. The Labute approximate surface area is 187 Å². The van der Waals surface area contributed by atoms with Gasteiger partial charge < -0.3 is 19.6 Å². The van der Waals surface area contributed by atoms with E-state index in [0.717, 1.165) is 48.9 Å². The Kier molecular flexibility index (Phi) is 5.43. The van der Waals surface area contributed by atoms with Gasteiger partial charge in [-0.05, 0) is 63.3 Å². The highest BCUT2D eigenvalue weighted by atomic mass is 16.2. The van der Waals surface area contributed by atoms with Crippen molar-refractivity contribution >= 4 is 22.6 Å². The van der Waals surface area contributed by atoms with E-state index in [1.54, 1.807) is 0 Å². The minimum Gasteiger partial charge on any atom is -0.334 e. The highest BCUT2D eigenvalue weighted by molar-refractivity contribution is 5.94. The van der Waals surface area contributed by atoms with Crippen molar-refractivity contribution in [2.24, 2.45) is 0 Å². The Morgan fingerprint density at radius 2 is 2.19 bits per heavy atom. The predicted molar refractivity (Wildman–Crippen MR) is 125 cm³/mol. The number of H-pyrrole nitrogens is 1. The maximum atomic E-state index is 13.4. The number of nitrogens with zero attached hydrogens (tertiary/aromatic N) is 4. The third-order valence-electron chi connectivity index (χ3n) is 6.80. The van der Waals surface area contributed by atoms with E-state index in [1.807, 2.05) is 52.0 Å². The van der Waals surface area contributed by atoms with E-state index < -0.39 is 0 Å². The molecule has 166 valence electrons. The Balaban J connectivity index is 1.29. The Morgan fingerprint density at radius 1 is 1.31 bits per heavy atom. The highest BCUT2D eigenvalue weighted by Crippen LogP contribution is 2.34. The molecule has 0 saturated heterocycles. The van der Waals surface area contributed by atoms with Gasteiger partial charge in [0.25, 0.3) is 5.91 Å². The van der Waals surface area contributed by atoms with Crippen LogP contribution in [0.15, 0.2) is 55.0 Å². The molecule has 0 spiro atoms. The standard InChI is InChI=1S/C25H30N6O/c1-3-31(24(32)23-28-20-8-4-5-9-21(20)29-23)25(2)12-6-7-19(15-25)27-16-18-10-11-22-26-13-14-30(22)17-18/h4-5,8-11,13-14,17,19,27H,3,6-7,12,15-16H2,1-2H3,(H,28,29)/t19-,25?/m1/s1. The molecule has 7 heteroatoms. The molecule has 3 heterocycles. The number of hydrogen-bond donors (Lipinski definition) is 2. The van der Waals surface area contributed by atoms with E-state index in [9.17, 15) is 4.79 Å². The molecule has 0 bridgehead atoms. The number of fused-ring (bicyclic) bond motifs is 2.